The molecule has 0 spiro atoms. The van der Waals surface area contributed by atoms with Crippen molar-refractivity contribution in [2.24, 2.45) is 5.92 Å². The molecule has 0 fully saturated rings. The maximum absolute atomic E-state index is 8.83. The molecule has 4 nitrogen and oxygen atoms in total. The zero-order valence-corrected chi connectivity index (χ0v) is 9.83. The second-order valence-electron chi connectivity index (χ2n) is 3.80. The van der Waals surface area contributed by atoms with Gasteiger partial charge in [-0.1, -0.05) is 26.7 Å². The lowest BCUT2D eigenvalue weighted by molar-refractivity contribution is 0.518. The van der Waals surface area contributed by atoms with Crippen molar-refractivity contribution in [2.45, 2.75) is 26.7 Å². The van der Waals surface area contributed by atoms with Gasteiger partial charge in [-0.15, -0.1) is 0 Å². The molecule has 1 aromatic heterocycles. The van der Waals surface area contributed by atoms with Crippen molar-refractivity contribution in [1.29, 1.82) is 5.26 Å². The van der Waals surface area contributed by atoms with Crippen LogP contribution < -0.4 is 11.1 Å². The van der Waals surface area contributed by atoms with E-state index in [1.54, 1.807) is 12.3 Å². The van der Waals surface area contributed by atoms with E-state index in [2.05, 4.69) is 24.1 Å². The molecule has 0 aromatic carbocycles. The summed E-state index contributed by atoms with van der Waals surface area (Å²) in [4.78, 5) is 4.14. The van der Waals surface area contributed by atoms with E-state index in [4.69, 9.17) is 11.0 Å². The summed E-state index contributed by atoms with van der Waals surface area (Å²) in [6.45, 7) is 5.18. The standard InChI is InChI=1S/C12H18N4/c1-3-9(4-2)8-16-12-11(14)10(7-13)5-6-15-12/h5-6,9H,3-4,8,14H2,1-2H3,(H,15,16). The Morgan fingerprint density at radius 2 is 2.19 bits per heavy atom. The number of hydrogen-bond acceptors (Lipinski definition) is 4. The smallest absolute Gasteiger partial charge is 0.150 e. The van der Waals surface area contributed by atoms with Crippen LogP contribution in [0.15, 0.2) is 12.3 Å². The molecule has 1 aromatic rings. The number of aromatic nitrogens is 1. The number of nitrogen functional groups attached to an aromatic ring is 1. The van der Waals surface area contributed by atoms with Crippen molar-refractivity contribution in [2.75, 3.05) is 17.6 Å². The Bertz CT molecular complexity index is 377. The summed E-state index contributed by atoms with van der Waals surface area (Å²) in [6, 6.07) is 3.67. The Kier molecular flexibility index (Phi) is 4.59. The highest BCUT2D eigenvalue weighted by Crippen LogP contribution is 2.19. The first-order valence-electron chi connectivity index (χ1n) is 5.61. The van der Waals surface area contributed by atoms with E-state index in [1.165, 1.54) is 0 Å². The van der Waals surface area contributed by atoms with Crippen LogP contribution in [0.2, 0.25) is 0 Å². The van der Waals surface area contributed by atoms with Gasteiger partial charge in [0.15, 0.2) is 5.82 Å². The van der Waals surface area contributed by atoms with Crippen LogP contribution in [-0.4, -0.2) is 11.5 Å². The largest absolute Gasteiger partial charge is 0.395 e. The molecule has 0 amide bonds. The molecule has 0 radical (unpaired) electrons. The summed E-state index contributed by atoms with van der Waals surface area (Å²) in [5, 5.41) is 12.0. The molecule has 86 valence electrons. The van der Waals surface area contributed by atoms with Crippen LogP contribution in [0, 0.1) is 17.2 Å². The average Bonchev–Trinajstić information content (AvgIpc) is 2.32. The van der Waals surface area contributed by atoms with E-state index < -0.39 is 0 Å². The summed E-state index contributed by atoms with van der Waals surface area (Å²) in [7, 11) is 0. The fourth-order valence-electron chi connectivity index (χ4n) is 1.53. The van der Waals surface area contributed by atoms with Gasteiger partial charge in [0, 0.05) is 12.7 Å². The van der Waals surface area contributed by atoms with Gasteiger partial charge in [-0.25, -0.2) is 4.98 Å². The molecule has 0 aliphatic rings. The zero-order chi connectivity index (χ0) is 12.0. The Morgan fingerprint density at radius 1 is 1.50 bits per heavy atom. The van der Waals surface area contributed by atoms with Gasteiger partial charge in [0.05, 0.1) is 11.3 Å². The molecule has 0 saturated heterocycles. The molecule has 0 bridgehead atoms. The zero-order valence-electron chi connectivity index (χ0n) is 9.83. The van der Waals surface area contributed by atoms with E-state index >= 15 is 0 Å². The fourth-order valence-corrected chi connectivity index (χ4v) is 1.53. The van der Waals surface area contributed by atoms with Gasteiger partial charge < -0.3 is 11.1 Å². The van der Waals surface area contributed by atoms with E-state index in [9.17, 15) is 0 Å². The highest BCUT2D eigenvalue weighted by Gasteiger charge is 2.08. The molecule has 1 rings (SSSR count). The molecule has 16 heavy (non-hydrogen) atoms. The first kappa shape index (κ1) is 12.3. The predicted octanol–water partition coefficient (Wildman–Crippen LogP) is 2.38. The molecule has 1 heterocycles. The predicted molar refractivity (Wildman–Crippen MR) is 65.9 cm³/mol. The number of rotatable bonds is 5. The molecule has 0 unspecified atom stereocenters. The number of anilines is 2. The van der Waals surface area contributed by atoms with Crippen LogP contribution in [0.25, 0.3) is 0 Å². The molecule has 0 atom stereocenters. The number of nitrogens with zero attached hydrogens (tertiary/aromatic N) is 2. The maximum Gasteiger partial charge on any atom is 0.150 e. The first-order valence-corrected chi connectivity index (χ1v) is 5.61. The number of nitrogens with two attached hydrogens (primary N) is 1. The molecular weight excluding hydrogens is 200 g/mol. The highest BCUT2D eigenvalue weighted by molar-refractivity contribution is 5.68. The van der Waals surface area contributed by atoms with Crippen molar-refractivity contribution in [3.8, 4) is 6.07 Å². The summed E-state index contributed by atoms with van der Waals surface area (Å²) >= 11 is 0. The van der Waals surface area contributed by atoms with E-state index in [1.807, 2.05) is 6.07 Å². The van der Waals surface area contributed by atoms with Gasteiger partial charge in [-0.05, 0) is 12.0 Å². The molecule has 3 N–H and O–H groups in total. The summed E-state index contributed by atoms with van der Waals surface area (Å²) < 4.78 is 0. The number of nitriles is 1. The molecule has 0 aliphatic heterocycles. The van der Waals surface area contributed by atoms with Gasteiger partial charge in [-0.3, -0.25) is 0 Å². The quantitative estimate of drug-likeness (QED) is 0.795. The van der Waals surface area contributed by atoms with Gasteiger partial charge in [0.25, 0.3) is 0 Å². The third-order valence-corrected chi connectivity index (χ3v) is 2.82. The monoisotopic (exact) mass is 218 g/mol. The molecule has 0 saturated carbocycles. The van der Waals surface area contributed by atoms with Gasteiger partial charge in [-0.2, -0.15) is 5.26 Å². The van der Waals surface area contributed by atoms with Gasteiger partial charge in [0.1, 0.15) is 6.07 Å². The first-order chi connectivity index (χ1) is 7.72. The minimum atomic E-state index is 0.441. The summed E-state index contributed by atoms with van der Waals surface area (Å²) in [6.07, 6.45) is 3.85. The van der Waals surface area contributed by atoms with Crippen molar-refractivity contribution in [3.05, 3.63) is 17.8 Å². The molecule has 0 aliphatic carbocycles. The maximum atomic E-state index is 8.83. The Morgan fingerprint density at radius 3 is 2.75 bits per heavy atom. The summed E-state index contributed by atoms with van der Waals surface area (Å²) in [5.74, 6) is 1.23. The Balaban J connectivity index is 2.71. The third-order valence-electron chi connectivity index (χ3n) is 2.82. The van der Waals surface area contributed by atoms with Crippen molar-refractivity contribution < 1.29 is 0 Å². The van der Waals surface area contributed by atoms with Crippen molar-refractivity contribution in [1.82, 2.24) is 4.98 Å². The highest BCUT2D eigenvalue weighted by atomic mass is 15.0. The van der Waals surface area contributed by atoms with Crippen LogP contribution in [-0.2, 0) is 0 Å². The van der Waals surface area contributed by atoms with Crippen LogP contribution in [0.4, 0.5) is 11.5 Å². The van der Waals surface area contributed by atoms with E-state index in [-0.39, 0.29) is 0 Å². The fraction of sp³-hybridized carbons (Fsp3) is 0.500. The minimum absolute atomic E-state index is 0.441. The van der Waals surface area contributed by atoms with Crippen LogP contribution in [0.5, 0.6) is 0 Å². The minimum Gasteiger partial charge on any atom is -0.395 e. The topological polar surface area (TPSA) is 74.7 Å². The number of nitrogens with one attached hydrogen (secondary N) is 1. The Labute approximate surface area is 96.5 Å². The lowest BCUT2D eigenvalue weighted by Gasteiger charge is -2.15. The lowest BCUT2D eigenvalue weighted by Crippen LogP contribution is -2.15. The molecular formula is C12H18N4. The number of hydrogen-bond donors (Lipinski definition) is 2. The summed E-state index contributed by atoms with van der Waals surface area (Å²) in [5.41, 5.74) is 6.73. The average molecular weight is 218 g/mol. The third kappa shape index (κ3) is 2.86. The second kappa shape index (κ2) is 5.96. The van der Waals surface area contributed by atoms with Crippen LogP contribution >= 0.6 is 0 Å². The van der Waals surface area contributed by atoms with Gasteiger partial charge in [0.2, 0.25) is 0 Å². The van der Waals surface area contributed by atoms with Crippen LogP contribution in [0.1, 0.15) is 32.3 Å². The molecule has 4 heteroatoms. The van der Waals surface area contributed by atoms with Crippen molar-refractivity contribution in [3.63, 3.8) is 0 Å². The Hall–Kier alpha value is -1.76. The number of pyridine rings is 1. The van der Waals surface area contributed by atoms with Crippen molar-refractivity contribution >= 4 is 11.5 Å². The normalized spacial score (nSPS) is 10.1. The van der Waals surface area contributed by atoms with E-state index in [0.29, 0.717) is 23.0 Å². The second-order valence-corrected chi connectivity index (χ2v) is 3.80. The van der Waals surface area contributed by atoms with E-state index in [0.717, 1.165) is 19.4 Å². The van der Waals surface area contributed by atoms with Crippen LogP contribution in [0.3, 0.4) is 0 Å². The SMILES string of the molecule is CCC(CC)CNc1nccc(C#N)c1N. The lowest BCUT2D eigenvalue weighted by atomic mass is 10.0. The van der Waals surface area contributed by atoms with Gasteiger partial charge >= 0.3 is 0 Å².